The molecule has 3 aromatic rings. The number of benzene rings is 2. The van der Waals surface area contributed by atoms with Gasteiger partial charge >= 0.3 is 0 Å². The van der Waals surface area contributed by atoms with Crippen molar-refractivity contribution in [2.75, 3.05) is 7.11 Å². The van der Waals surface area contributed by atoms with E-state index >= 15 is 0 Å². The molecule has 0 aliphatic rings. The maximum atomic E-state index is 12.2. The van der Waals surface area contributed by atoms with Gasteiger partial charge in [-0.25, -0.2) is 4.98 Å². The first-order valence-corrected chi connectivity index (χ1v) is 9.56. The van der Waals surface area contributed by atoms with Crippen molar-refractivity contribution >= 4 is 5.91 Å². The van der Waals surface area contributed by atoms with E-state index in [4.69, 9.17) is 9.15 Å². The Hall–Kier alpha value is -3.08. The van der Waals surface area contributed by atoms with Crippen molar-refractivity contribution in [3.05, 3.63) is 72.2 Å². The Morgan fingerprint density at radius 3 is 2.57 bits per heavy atom. The fourth-order valence-corrected chi connectivity index (χ4v) is 2.98. The number of aryl methyl sites for hydroxylation is 2. The van der Waals surface area contributed by atoms with Crippen LogP contribution in [0.4, 0.5) is 0 Å². The van der Waals surface area contributed by atoms with Crippen LogP contribution >= 0.6 is 0 Å². The Kier molecular flexibility index (Phi) is 6.84. The zero-order chi connectivity index (χ0) is 19.8. The molecule has 0 unspecified atom stereocenters. The summed E-state index contributed by atoms with van der Waals surface area (Å²) in [5, 5.41) is 3.05. The summed E-state index contributed by atoms with van der Waals surface area (Å²) in [5.74, 6) is 2.07. The molecule has 0 bridgehead atoms. The van der Waals surface area contributed by atoms with Gasteiger partial charge in [-0.2, -0.15) is 0 Å². The van der Waals surface area contributed by atoms with Gasteiger partial charge in [-0.1, -0.05) is 30.3 Å². The molecule has 1 N–H and O–H groups in total. The van der Waals surface area contributed by atoms with Crippen LogP contribution < -0.4 is 10.1 Å². The Morgan fingerprint density at radius 1 is 1.11 bits per heavy atom. The largest absolute Gasteiger partial charge is 0.497 e. The average Bonchev–Trinajstić information content (AvgIpc) is 3.21. The predicted octanol–water partition coefficient (Wildman–Crippen LogP) is 4.42. The Balaban J connectivity index is 1.43. The molecular formula is C23H26N2O3. The zero-order valence-corrected chi connectivity index (χ0v) is 16.4. The monoisotopic (exact) mass is 378 g/mol. The van der Waals surface area contributed by atoms with Gasteiger partial charge in [-0.15, -0.1) is 0 Å². The molecule has 1 amide bonds. The second-order valence-electron chi connectivity index (χ2n) is 6.84. The molecule has 28 heavy (non-hydrogen) atoms. The molecule has 0 aliphatic carbocycles. The minimum Gasteiger partial charge on any atom is -0.497 e. The summed E-state index contributed by atoms with van der Waals surface area (Å²) in [5.41, 5.74) is 2.22. The first kappa shape index (κ1) is 19.7. The third kappa shape index (κ3) is 5.71. The van der Waals surface area contributed by atoms with Crippen LogP contribution in [0.1, 0.15) is 31.2 Å². The topological polar surface area (TPSA) is 64.4 Å². The van der Waals surface area contributed by atoms with Crippen molar-refractivity contribution in [3.8, 4) is 17.1 Å². The molecular weight excluding hydrogens is 352 g/mol. The van der Waals surface area contributed by atoms with Crippen LogP contribution in [0.3, 0.4) is 0 Å². The van der Waals surface area contributed by atoms with Crippen molar-refractivity contribution in [1.29, 1.82) is 0 Å². The first-order valence-electron chi connectivity index (χ1n) is 9.56. The molecule has 0 saturated heterocycles. The van der Waals surface area contributed by atoms with Gasteiger partial charge in [0, 0.05) is 24.4 Å². The Bertz CT molecular complexity index is 872. The summed E-state index contributed by atoms with van der Waals surface area (Å²) >= 11 is 0. The van der Waals surface area contributed by atoms with E-state index in [1.807, 2.05) is 49.4 Å². The molecule has 0 radical (unpaired) electrons. The van der Waals surface area contributed by atoms with E-state index in [2.05, 4.69) is 22.4 Å². The van der Waals surface area contributed by atoms with Crippen LogP contribution in [-0.2, 0) is 17.6 Å². The van der Waals surface area contributed by atoms with Crippen LogP contribution in [0.25, 0.3) is 11.3 Å². The van der Waals surface area contributed by atoms with E-state index in [0.29, 0.717) is 24.5 Å². The number of nitrogens with zero attached hydrogens (tertiary/aromatic N) is 1. The molecule has 146 valence electrons. The number of hydrogen-bond donors (Lipinski definition) is 1. The number of carbonyl (C=O) groups is 1. The van der Waals surface area contributed by atoms with Crippen LogP contribution in [0.15, 0.2) is 65.2 Å². The molecule has 5 nitrogen and oxygen atoms in total. The highest BCUT2D eigenvalue weighted by Crippen LogP contribution is 2.23. The number of nitrogens with one attached hydrogen (secondary N) is 1. The summed E-state index contributed by atoms with van der Waals surface area (Å²) in [7, 11) is 1.63. The number of rotatable bonds is 9. The Morgan fingerprint density at radius 2 is 1.86 bits per heavy atom. The summed E-state index contributed by atoms with van der Waals surface area (Å²) < 4.78 is 10.9. The number of oxazole rings is 1. The predicted molar refractivity (Wildman–Crippen MR) is 109 cm³/mol. The van der Waals surface area contributed by atoms with E-state index < -0.39 is 0 Å². The van der Waals surface area contributed by atoms with Crippen molar-refractivity contribution in [2.24, 2.45) is 0 Å². The van der Waals surface area contributed by atoms with Crippen LogP contribution in [0, 0.1) is 0 Å². The molecule has 1 heterocycles. The number of ether oxygens (including phenoxy) is 1. The van der Waals surface area contributed by atoms with Gasteiger partial charge in [0.2, 0.25) is 5.91 Å². The zero-order valence-electron chi connectivity index (χ0n) is 16.4. The summed E-state index contributed by atoms with van der Waals surface area (Å²) in [4.78, 5) is 16.5. The van der Waals surface area contributed by atoms with E-state index in [0.717, 1.165) is 24.2 Å². The number of amides is 1. The second kappa shape index (κ2) is 9.74. The second-order valence-corrected chi connectivity index (χ2v) is 6.84. The molecule has 0 spiro atoms. The van der Waals surface area contributed by atoms with E-state index in [1.54, 1.807) is 13.3 Å². The number of aromatic nitrogens is 1. The van der Waals surface area contributed by atoms with E-state index in [9.17, 15) is 4.79 Å². The maximum absolute atomic E-state index is 12.2. The minimum atomic E-state index is 0.0183. The summed E-state index contributed by atoms with van der Waals surface area (Å²) in [6, 6.07) is 18.0. The lowest BCUT2D eigenvalue weighted by Crippen LogP contribution is -2.33. The lowest BCUT2D eigenvalue weighted by atomic mass is 10.1. The van der Waals surface area contributed by atoms with E-state index in [-0.39, 0.29) is 11.9 Å². The molecule has 1 aromatic heterocycles. The summed E-state index contributed by atoms with van der Waals surface area (Å²) in [6.07, 6.45) is 4.40. The standard InChI is InChI=1S/C23H26N2O3/c1-17(8-9-18-6-4-3-5-7-18)25-22(26)14-15-23-24-16-21(28-23)19-10-12-20(27-2)13-11-19/h3-7,10-13,16-17H,8-9,14-15H2,1-2H3,(H,25,26)/t17-/m0/s1. The number of methoxy groups -OCH3 is 1. The molecule has 5 heteroatoms. The van der Waals surface area contributed by atoms with Gasteiger partial charge in [-0.3, -0.25) is 4.79 Å². The van der Waals surface area contributed by atoms with Crippen molar-refractivity contribution in [3.63, 3.8) is 0 Å². The molecule has 1 atom stereocenters. The first-order chi connectivity index (χ1) is 13.6. The van der Waals surface area contributed by atoms with Gasteiger partial charge in [0.15, 0.2) is 11.7 Å². The quantitative estimate of drug-likeness (QED) is 0.599. The molecule has 0 saturated carbocycles. The molecule has 2 aromatic carbocycles. The maximum Gasteiger partial charge on any atom is 0.220 e. The van der Waals surface area contributed by atoms with Crippen LogP contribution in [0.5, 0.6) is 5.75 Å². The smallest absolute Gasteiger partial charge is 0.220 e. The summed E-state index contributed by atoms with van der Waals surface area (Å²) in [6.45, 7) is 2.04. The molecule has 3 rings (SSSR count). The van der Waals surface area contributed by atoms with Gasteiger partial charge in [-0.05, 0) is 49.6 Å². The molecule has 0 aliphatic heterocycles. The minimum absolute atomic E-state index is 0.0183. The highest BCUT2D eigenvalue weighted by molar-refractivity contribution is 5.76. The third-order valence-electron chi connectivity index (χ3n) is 4.61. The van der Waals surface area contributed by atoms with Gasteiger partial charge in [0.05, 0.1) is 13.3 Å². The van der Waals surface area contributed by atoms with Gasteiger partial charge in [0.25, 0.3) is 0 Å². The lowest BCUT2D eigenvalue weighted by Gasteiger charge is -2.13. The molecule has 0 fully saturated rings. The van der Waals surface area contributed by atoms with Crippen LogP contribution in [0.2, 0.25) is 0 Å². The van der Waals surface area contributed by atoms with Crippen molar-refractivity contribution < 1.29 is 13.9 Å². The number of carbonyl (C=O) groups excluding carboxylic acids is 1. The average molecular weight is 378 g/mol. The fourth-order valence-electron chi connectivity index (χ4n) is 2.98. The third-order valence-corrected chi connectivity index (χ3v) is 4.61. The number of hydrogen-bond acceptors (Lipinski definition) is 4. The van der Waals surface area contributed by atoms with Gasteiger partial charge < -0.3 is 14.5 Å². The lowest BCUT2D eigenvalue weighted by molar-refractivity contribution is -0.121. The van der Waals surface area contributed by atoms with Crippen molar-refractivity contribution in [1.82, 2.24) is 10.3 Å². The Labute approximate surface area is 165 Å². The highest BCUT2D eigenvalue weighted by Gasteiger charge is 2.11. The SMILES string of the molecule is COc1ccc(-c2cnc(CCC(=O)N[C@@H](C)CCc3ccccc3)o2)cc1. The highest BCUT2D eigenvalue weighted by atomic mass is 16.5. The van der Waals surface area contributed by atoms with Crippen molar-refractivity contribution in [2.45, 2.75) is 38.6 Å². The van der Waals surface area contributed by atoms with E-state index in [1.165, 1.54) is 5.56 Å². The normalized spacial score (nSPS) is 11.8. The fraction of sp³-hybridized carbons (Fsp3) is 0.304. The van der Waals surface area contributed by atoms with Gasteiger partial charge in [0.1, 0.15) is 5.75 Å². The van der Waals surface area contributed by atoms with Crippen LogP contribution in [-0.4, -0.2) is 24.0 Å².